The normalized spacial score (nSPS) is 16.2. The minimum Gasteiger partial charge on any atom is -0.379 e. The second-order valence-corrected chi connectivity index (χ2v) is 5.41. The Balaban J connectivity index is 1.58. The summed E-state index contributed by atoms with van der Waals surface area (Å²) in [5.41, 5.74) is 3.39. The number of morpholine rings is 1. The quantitative estimate of drug-likeness (QED) is 0.796. The maximum atomic E-state index is 5.38. The van der Waals surface area contributed by atoms with E-state index in [1.54, 1.807) is 12.4 Å². The van der Waals surface area contributed by atoms with E-state index in [2.05, 4.69) is 33.1 Å². The third-order valence-corrected chi connectivity index (χ3v) is 3.80. The molecule has 2 aromatic rings. The van der Waals surface area contributed by atoms with Crippen LogP contribution in [0, 0.1) is 0 Å². The number of aliphatic imine (C=N–C) groups is 1. The van der Waals surface area contributed by atoms with E-state index in [0.29, 0.717) is 0 Å². The summed E-state index contributed by atoms with van der Waals surface area (Å²) in [4.78, 5) is 11.0. The first kappa shape index (κ1) is 14.9. The average molecular weight is 295 g/mol. The van der Waals surface area contributed by atoms with Gasteiger partial charge in [0.05, 0.1) is 18.9 Å². The lowest BCUT2D eigenvalue weighted by Gasteiger charge is -2.26. The second kappa shape index (κ2) is 7.82. The van der Waals surface area contributed by atoms with Gasteiger partial charge in [-0.15, -0.1) is 0 Å². The zero-order valence-corrected chi connectivity index (χ0v) is 12.7. The van der Waals surface area contributed by atoms with Gasteiger partial charge < -0.3 is 4.74 Å². The van der Waals surface area contributed by atoms with Crippen LogP contribution < -0.4 is 0 Å². The summed E-state index contributed by atoms with van der Waals surface area (Å²) in [6, 6.07) is 12.4. The minimum absolute atomic E-state index is 0.857. The lowest BCUT2D eigenvalue weighted by atomic mass is 10.1. The monoisotopic (exact) mass is 295 g/mol. The van der Waals surface area contributed by atoms with Crippen LogP contribution in [-0.2, 0) is 11.2 Å². The Morgan fingerprint density at radius 2 is 1.95 bits per heavy atom. The van der Waals surface area contributed by atoms with Crippen molar-refractivity contribution in [2.45, 2.75) is 6.42 Å². The predicted octanol–water partition coefficient (Wildman–Crippen LogP) is 2.71. The summed E-state index contributed by atoms with van der Waals surface area (Å²) < 4.78 is 5.38. The smallest absolute Gasteiger partial charge is 0.0632 e. The molecule has 0 unspecified atom stereocenters. The van der Waals surface area contributed by atoms with Gasteiger partial charge in [-0.2, -0.15) is 0 Å². The lowest BCUT2D eigenvalue weighted by molar-refractivity contribution is 0.0384. The van der Waals surface area contributed by atoms with Gasteiger partial charge in [-0.25, -0.2) is 0 Å². The van der Waals surface area contributed by atoms with Gasteiger partial charge >= 0.3 is 0 Å². The highest BCUT2D eigenvalue weighted by atomic mass is 16.5. The van der Waals surface area contributed by atoms with Crippen molar-refractivity contribution < 1.29 is 4.74 Å². The molecule has 1 aliphatic heterocycles. The van der Waals surface area contributed by atoms with Crippen molar-refractivity contribution in [3.8, 4) is 0 Å². The van der Waals surface area contributed by atoms with Gasteiger partial charge in [0.2, 0.25) is 0 Å². The van der Waals surface area contributed by atoms with E-state index in [0.717, 1.165) is 50.5 Å². The van der Waals surface area contributed by atoms with Crippen molar-refractivity contribution in [2.24, 2.45) is 4.99 Å². The largest absolute Gasteiger partial charge is 0.379 e. The first-order valence-electron chi connectivity index (χ1n) is 7.73. The fraction of sp³-hybridized carbons (Fsp3) is 0.333. The zero-order chi connectivity index (χ0) is 15.0. The molecule has 0 saturated carbocycles. The van der Waals surface area contributed by atoms with Gasteiger partial charge in [-0.1, -0.05) is 12.1 Å². The Morgan fingerprint density at radius 1 is 1.14 bits per heavy atom. The molecule has 0 atom stereocenters. The number of pyridine rings is 1. The maximum absolute atomic E-state index is 5.38. The first-order valence-corrected chi connectivity index (χ1v) is 7.73. The van der Waals surface area contributed by atoms with Crippen LogP contribution in [0.1, 0.15) is 11.1 Å². The van der Waals surface area contributed by atoms with E-state index < -0.39 is 0 Å². The summed E-state index contributed by atoms with van der Waals surface area (Å²) in [7, 11) is 0. The van der Waals surface area contributed by atoms with Crippen LogP contribution >= 0.6 is 0 Å². The van der Waals surface area contributed by atoms with Crippen molar-refractivity contribution in [2.75, 3.05) is 32.8 Å². The summed E-state index contributed by atoms with van der Waals surface area (Å²) in [6.45, 7) is 4.88. The summed E-state index contributed by atoms with van der Waals surface area (Å²) in [6.07, 6.45) is 6.49. The van der Waals surface area contributed by atoms with Crippen molar-refractivity contribution in [3.63, 3.8) is 0 Å². The molecule has 3 rings (SSSR count). The first-order chi connectivity index (χ1) is 10.9. The van der Waals surface area contributed by atoms with E-state index in [-0.39, 0.29) is 0 Å². The minimum atomic E-state index is 0.857. The van der Waals surface area contributed by atoms with Crippen LogP contribution in [0.25, 0.3) is 0 Å². The molecule has 1 aromatic carbocycles. The molecule has 1 fully saturated rings. The number of hydrogen-bond donors (Lipinski definition) is 0. The fourth-order valence-electron chi connectivity index (χ4n) is 2.50. The van der Waals surface area contributed by atoms with E-state index in [9.17, 15) is 0 Å². The van der Waals surface area contributed by atoms with Gasteiger partial charge in [0.1, 0.15) is 0 Å². The number of rotatable bonds is 5. The van der Waals surface area contributed by atoms with E-state index in [1.165, 1.54) is 5.56 Å². The van der Waals surface area contributed by atoms with Gasteiger partial charge in [0.25, 0.3) is 0 Å². The van der Waals surface area contributed by atoms with E-state index in [1.807, 2.05) is 24.4 Å². The molecule has 1 saturated heterocycles. The molecular formula is C18H21N3O. The van der Waals surface area contributed by atoms with Gasteiger partial charge in [0, 0.05) is 38.2 Å². The molecule has 1 aliphatic rings. The lowest BCUT2D eigenvalue weighted by Crippen LogP contribution is -2.37. The number of hydrogen-bond acceptors (Lipinski definition) is 4. The van der Waals surface area contributed by atoms with Crippen LogP contribution in [0.2, 0.25) is 0 Å². The fourth-order valence-corrected chi connectivity index (χ4v) is 2.50. The predicted molar refractivity (Wildman–Crippen MR) is 88.9 cm³/mol. The van der Waals surface area contributed by atoms with Crippen LogP contribution in [0.15, 0.2) is 53.8 Å². The van der Waals surface area contributed by atoms with Crippen LogP contribution in [0.5, 0.6) is 0 Å². The van der Waals surface area contributed by atoms with Crippen LogP contribution in [0.3, 0.4) is 0 Å². The van der Waals surface area contributed by atoms with Gasteiger partial charge in [-0.05, 0) is 41.8 Å². The number of nitrogens with zero attached hydrogens (tertiary/aromatic N) is 3. The highest BCUT2D eigenvalue weighted by Crippen LogP contribution is 2.15. The topological polar surface area (TPSA) is 37.7 Å². The zero-order valence-electron chi connectivity index (χ0n) is 12.7. The van der Waals surface area contributed by atoms with E-state index >= 15 is 0 Å². The number of benzene rings is 1. The molecule has 22 heavy (non-hydrogen) atoms. The van der Waals surface area contributed by atoms with E-state index in [4.69, 9.17) is 4.74 Å². The Labute approximate surface area is 131 Å². The van der Waals surface area contributed by atoms with Crippen molar-refractivity contribution in [1.29, 1.82) is 0 Å². The Bertz CT molecular complexity index is 607. The summed E-state index contributed by atoms with van der Waals surface area (Å²) >= 11 is 0. The molecule has 0 spiro atoms. The molecule has 0 amide bonds. The molecule has 2 heterocycles. The molecule has 0 N–H and O–H groups in total. The van der Waals surface area contributed by atoms with Crippen molar-refractivity contribution in [1.82, 2.24) is 9.88 Å². The molecule has 4 heteroatoms. The van der Waals surface area contributed by atoms with Crippen LogP contribution in [-0.4, -0.2) is 48.9 Å². The Hall–Kier alpha value is -2.04. The molecule has 4 nitrogen and oxygen atoms in total. The van der Waals surface area contributed by atoms with Gasteiger partial charge in [-0.3, -0.25) is 14.9 Å². The molecular weight excluding hydrogens is 274 g/mol. The number of aromatic nitrogens is 1. The van der Waals surface area contributed by atoms with Crippen LogP contribution in [0.4, 0.5) is 5.69 Å². The highest BCUT2D eigenvalue weighted by molar-refractivity contribution is 5.81. The number of ether oxygens (including phenoxy) is 1. The SMILES string of the molecule is C(=Nc1cccc(CCN2CCOCC2)c1)c1ccncc1. The average Bonchev–Trinajstić information content (AvgIpc) is 2.60. The summed E-state index contributed by atoms with van der Waals surface area (Å²) in [5.74, 6) is 0. The molecule has 114 valence electrons. The van der Waals surface area contributed by atoms with Gasteiger partial charge in [0.15, 0.2) is 0 Å². The second-order valence-electron chi connectivity index (χ2n) is 5.41. The standard InChI is InChI=1S/C18H21N3O/c1-2-16(6-9-21-10-12-22-13-11-21)14-18(3-1)20-15-17-4-7-19-8-5-17/h1-5,7-8,14-15H,6,9-13H2. The molecule has 0 radical (unpaired) electrons. The Morgan fingerprint density at radius 3 is 2.77 bits per heavy atom. The highest BCUT2D eigenvalue weighted by Gasteiger charge is 2.09. The Kier molecular flexibility index (Phi) is 5.29. The summed E-state index contributed by atoms with van der Waals surface area (Å²) in [5, 5.41) is 0. The maximum Gasteiger partial charge on any atom is 0.0632 e. The molecule has 0 aliphatic carbocycles. The third kappa shape index (κ3) is 4.48. The van der Waals surface area contributed by atoms with Crippen molar-refractivity contribution >= 4 is 11.9 Å². The third-order valence-electron chi connectivity index (χ3n) is 3.80. The molecule has 0 bridgehead atoms. The van der Waals surface area contributed by atoms with Crippen molar-refractivity contribution in [3.05, 3.63) is 59.9 Å². The molecule has 1 aromatic heterocycles.